The summed E-state index contributed by atoms with van der Waals surface area (Å²) in [6.45, 7) is 7.21. The summed E-state index contributed by atoms with van der Waals surface area (Å²) >= 11 is 0. The maximum absolute atomic E-state index is 5.00. The minimum Gasteiger partial charge on any atom is -0.383 e. The normalized spacial score (nSPS) is 22.9. The van der Waals surface area contributed by atoms with Crippen molar-refractivity contribution in [2.75, 3.05) is 53.5 Å². The molecule has 0 amide bonds. The molecule has 2 rings (SSSR count). The van der Waals surface area contributed by atoms with Gasteiger partial charge >= 0.3 is 0 Å². The van der Waals surface area contributed by atoms with Crippen LogP contribution < -0.4 is 0 Å². The van der Waals surface area contributed by atoms with Gasteiger partial charge in [-0.1, -0.05) is 12.8 Å². The zero-order valence-corrected chi connectivity index (χ0v) is 11.8. The third-order valence-corrected chi connectivity index (χ3v) is 3.64. The van der Waals surface area contributed by atoms with Crippen molar-refractivity contribution < 1.29 is 4.74 Å². The molecule has 2 heterocycles. The van der Waals surface area contributed by atoms with Gasteiger partial charge in [-0.15, -0.1) is 0 Å². The molecule has 2 fully saturated rings. The highest BCUT2D eigenvalue weighted by Crippen LogP contribution is 2.07. The van der Waals surface area contributed by atoms with Crippen molar-refractivity contribution in [3.63, 3.8) is 0 Å². The minimum absolute atomic E-state index is 0.889. The summed E-state index contributed by atoms with van der Waals surface area (Å²) in [5, 5.41) is 0. The molecule has 3 nitrogen and oxygen atoms in total. The molecule has 0 aromatic rings. The number of rotatable bonds is 3. The molecule has 0 spiro atoms. The van der Waals surface area contributed by atoms with Crippen LogP contribution >= 0.6 is 0 Å². The number of piperidine rings is 2. The van der Waals surface area contributed by atoms with Gasteiger partial charge in [0.1, 0.15) is 0 Å². The van der Waals surface area contributed by atoms with Crippen molar-refractivity contribution in [2.24, 2.45) is 0 Å². The Bertz CT molecular complexity index is 164. The van der Waals surface area contributed by atoms with Gasteiger partial charge in [0, 0.05) is 13.7 Å². The third-order valence-electron chi connectivity index (χ3n) is 3.64. The van der Waals surface area contributed by atoms with Crippen molar-refractivity contribution in [1.29, 1.82) is 0 Å². The number of hydrogen-bond donors (Lipinski definition) is 0. The summed E-state index contributed by atoms with van der Waals surface area (Å²) in [6, 6.07) is 0. The average Bonchev–Trinajstić information content (AvgIpc) is 2.39. The second-order valence-corrected chi connectivity index (χ2v) is 5.26. The average molecular weight is 242 g/mol. The van der Waals surface area contributed by atoms with Crippen molar-refractivity contribution in [3.05, 3.63) is 0 Å². The maximum atomic E-state index is 5.00. The third kappa shape index (κ3) is 7.74. The Kier molecular flexibility index (Phi) is 8.67. The molecule has 0 unspecified atom stereocenters. The first-order valence-electron chi connectivity index (χ1n) is 7.23. The Labute approximate surface area is 107 Å². The van der Waals surface area contributed by atoms with Gasteiger partial charge in [-0.05, 0) is 58.9 Å². The fourth-order valence-electron chi connectivity index (χ4n) is 2.46. The van der Waals surface area contributed by atoms with E-state index in [1.807, 2.05) is 0 Å². The Morgan fingerprint density at radius 2 is 1.35 bits per heavy atom. The van der Waals surface area contributed by atoms with Crippen LogP contribution in [0.2, 0.25) is 0 Å². The Morgan fingerprint density at radius 1 is 0.824 bits per heavy atom. The summed E-state index contributed by atoms with van der Waals surface area (Å²) in [4.78, 5) is 4.87. The van der Waals surface area contributed by atoms with Gasteiger partial charge in [-0.25, -0.2) is 0 Å². The van der Waals surface area contributed by atoms with Crippen molar-refractivity contribution in [1.82, 2.24) is 9.80 Å². The van der Waals surface area contributed by atoms with E-state index in [0.717, 1.165) is 13.2 Å². The molecular formula is C14H30N2O. The fraction of sp³-hybridized carbons (Fsp3) is 1.00. The van der Waals surface area contributed by atoms with Crippen molar-refractivity contribution in [3.8, 4) is 0 Å². The van der Waals surface area contributed by atoms with Crippen LogP contribution in [0.3, 0.4) is 0 Å². The van der Waals surface area contributed by atoms with Crippen molar-refractivity contribution in [2.45, 2.75) is 38.5 Å². The van der Waals surface area contributed by atoms with Crippen LogP contribution in [0.5, 0.6) is 0 Å². The first kappa shape index (κ1) is 14.9. The van der Waals surface area contributed by atoms with E-state index < -0.39 is 0 Å². The molecule has 2 aliphatic heterocycles. The molecule has 102 valence electrons. The molecule has 0 atom stereocenters. The molecule has 0 saturated carbocycles. The Morgan fingerprint density at radius 3 is 1.76 bits per heavy atom. The number of likely N-dealkylation sites (tertiary alicyclic amines) is 2. The van der Waals surface area contributed by atoms with Crippen LogP contribution in [-0.4, -0.2) is 63.3 Å². The van der Waals surface area contributed by atoms with Gasteiger partial charge in [0.05, 0.1) is 6.61 Å². The van der Waals surface area contributed by atoms with Gasteiger partial charge < -0.3 is 14.5 Å². The molecule has 0 bridgehead atoms. The summed E-state index contributed by atoms with van der Waals surface area (Å²) in [6.07, 6.45) is 8.45. The number of ether oxygens (including phenoxy) is 1. The number of methoxy groups -OCH3 is 1. The van der Waals surface area contributed by atoms with Gasteiger partial charge in [-0.3, -0.25) is 0 Å². The van der Waals surface area contributed by atoms with Crippen LogP contribution in [0.15, 0.2) is 0 Å². The van der Waals surface area contributed by atoms with Gasteiger partial charge in [0.25, 0.3) is 0 Å². The highest BCUT2D eigenvalue weighted by atomic mass is 16.5. The fourth-order valence-corrected chi connectivity index (χ4v) is 2.46. The van der Waals surface area contributed by atoms with E-state index in [2.05, 4.69) is 16.8 Å². The van der Waals surface area contributed by atoms with E-state index in [-0.39, 0.29) is 0 Å². The van der Waals surface area contributed by atoms with Gasteiger partial charge in [0.15, 0.2) is 0 Å². The monoisotopic (exact) mass is 242 g/mol. The van der Waals surface area contributed by atoms with Crippen LogP contribution in [-0.2, 0) is 4.74 Å². The molecular weight excluding hydrogens is 212 g/mol. The predicted octanol–water partition coefficient (Wildman–Crippen LogP) is 2.22. The lowest BCUT2D eigenvalue weighted by atomic mass is 10.1. The first-order chi connectivity index (χ1) is 8.33. The Balaban J connectivity index is 0.000000181. The second kappa shape index (κ2) is 9.86. The standard InChI is InChI=1S/C8H17NO.C6H13N/c1-10-8-7-9-5-3-2-4-6-9;1-7-5-3-2-4-6-7/h2-8H2,1H3;2-6H2,1H3. The lowest BCUT2D eigenvalue weighted by molar-refractivity contribution is 0.135. The molecule has 0 N–H and O–H groups in total. The van der Waals surface area contributed by atoms with E-state index in [1.165, 1.54) is 64.7 Å². The lowest BCUT2D eigenvalue weighted by Gasteiger charge is -2.25. The summed E-state index contributed by atoms with van der Waals surface area (Å²) in [5.74, 6) is 0. The van der Waals surface area contributed by atoms with E-state index in [4.69, 9.17) is 4.74 Å². The smallest absolute Gasteiger partial charge is 0.0589 e. The van der Waals surface area contributed by atoms with Gasteiger partial charge in [0.2, 0.25) is 0 Å². The zero-order valence-electron chi connectivity index (χ0n) is 11.8. The maximum Gasteiger partial charge on any atom is 0.0589 e. The topological polar surface area (TPSA) is 15.7 Å². The zero-order chi connectivity index (χ0) is 12.3. The molecule has 0 radical (unpaired) electrons. The Hall–Kier alpha value is -0.120. The molecule has 0 aromatic carbocycles. The van der Waals surface area contributed by atoms with Crippen LogP contribution in [0.1, 0.15) is 38.5 Å². The van der Waals surface area contributed by atoms with Crippen LogP contribution in [0, 0.1) is 0 Å². The largest absolute Gasteiger partial charge is 0.383 e. The van der Waals surface area contributed by atoms with E-state index in [9.17, 15) is 0 Å². The van der Waals surface area contributed by atoms with E-state index in [1.54, 1.807) is 7.11 Å². The summed E-state index contributed by atoms with van der Waals surface area (Å²) < 4.78 is 5.00. The lowest BCUT2D eigenvalue weighted by Crippen LogP contribution is -2.32. The first-order valence-corrected chi connectivity index (χ1v) is 7.23. The molecule has 17 heavy (non-hydrogen) atoms. The van der Waals surface area contributed by atoms with E-state index in [0.29, 0.717) is 0 Å². The summed E-state index contributed by atoms with van der Waals surface area (Å²) in [5.41, 5.74) is 0. The minimum atomic E-state index is 0.889. The molecule has 0 aromatic heterocycles. The molecule has 0 aliphatic carbocycles. The SMILES string of the molecule is CN1CCCCC1.COCCN1CCCCC1. The highest BCUT2D eigenvalue weighted by molar-refractivity contribution is 4.63. The second-order valence-electron chi connectivity index (χ2n) is 5.26. The number of hydrogen-bond acceptors (Lipinski definition) is 3. The van der Waals surface area contributed by atoms with Crippen LogP contribution in [0.4, 0.5) is 0 Å². The van der Waals surface area contributed by atoms with Crippen LogP contribution in [0.25, 0.3) is 0 Å². The predicted molar refractivity (Wildman–Crippen MR) is 73.5 cm³/mol. The quantitative estimate of drug-likeness (QED) is 0.755. The molecule has 2 saturated heterocycles. The van der Waals surface area contributed by atoms with E-state index >= 15 is 0 Å². The molecule has 3 heteroatoms. The van der Waals surface area contributed by atoms with Crippen molar-refractivity contribution >= 4 is 0 Å². The number of nitrogens with zero attached hydrogens (tertiary/aromatic N) is 2. The molecule has 2 aliphatic rings. The highest BCUT2D eigenvalue weighted by Gasteiger charge is 2.08. The van der Waals surface area contributed by atoms with Gasteiger partial charge in [-0.2, -0.15) is 0 Å². The summed E-state index contributed by atoms with van der Waals surface area (Å²) in [7, 11) is 3.96.